The molecule has 10 heteroatoms. The van der Waals surface area contributed by atoms with Gasteiger partial charge in [0.25, 0.3) is 7.82 Å². The Kier molecular flexibility index (Phi) is 63.5. The number of rotatable bonds is 65. The van der Waals surface area contributed by atoms with Gasteiger partial charge in [-0.15, -0.1) is 0 Å². The number of phosphoric ester groups is 1. The normalized spacial score (nSPS) is 13.8. The van der Waals surface area contributed by atoms with Crippen molar-refractivity contribution in [3.63, 3.8) is 0 Å². The van der Waals surface area contributed by atoms with Crippen LogP contribution in [0.4, 0.5) is 0 Å². The summed E-state index contributed by atoms with van der Waals surface area (Å²) in [5, 5.41) is 0. The molecular formula is C76H134NO8P. The SMILES string of the molecule is CC/C=C\C/C=C\C/C=C\C/C=C\C/C=C\C/C=C\C/C=C\C/C=C\C/C=C\CCCCCCCCCCCC(=O)OC(COC(=O)CCCCCCCCCCCCCCCCCCCCCCCCCCC)COP(=O)([O-])OCC[N+](C)(C)C. The molecule has 0 radical (unpaired) electrons. The quantitative estimate of drug-likeness (QED) is 0.0195. The maximum Gasteiger partial charge on any atom is 0.306 e. The summed E-state index contributed by atoms with van der Waals surface area (Å²) in [4.78, 5) is 38.1. The number of likely N-dealkylation sites (N-methyl/N-ethyl adjacent to an activating group) is 1. The Morgan fingerprint density at radius 2 is 0.663 bits per heavy atom. The molecule has 0 N–H and O–H groups in total. The van der Waals surface area contributed by atoms with E-state index in [0.717, 1.165) is 103 Å². The fraction of sp³-hybridized carbons (Fsp3) is 0.737. The predicted molar refractivity (Wildman–Crippen MR) is 369 cm³/mol. The molecule has 0 fully saturated rings. The zero-order chi connectivity index (χ0) is 62.6. The zero-order valence-electron chi connectivity index (χ0n) is 56.5. The molecule has 2 atom stereocenters. The molecule has 0 aromatic heterocycles. The highest BCUT2D eigenvalue weighted by Gasteiger charge is 2.22. The van der Waals surface area contributed by atoms with Gasteiger partial charge < -0.3 is 27.9 Å². The smallest absolute Gasteiger partial charge is 0.306 e. The Bertz CT molecular complexity index is 1820. The van der Waals surface area contributed by atoms with Gasteiger partial charge in [0, 0.05) is 12.8 Å². The predicted octanol–water partition coefficient (Wildman–Crippen LogP) is 22.6. The van der Waals surface area contributed by atoms with E-state index in [1.54, 1.807) is 0 Å². The molecule has 0 aromatic rings. The number of carbonyl (C=O) groups excluding carboxylic acids is 2. The third kappa shape index (κ3) is 69.8. The van der Waals surface area contributed by atoms with E-state index in [1.165, 1.54) is 173 Å². The number of phosphoric acid groups is 1. The fourth-order valence-electron chi connectivity index (χ4n) is 9.89. The molecule has 0 saturated heterocycles. The Hall–Kier alpha value is -3.33. The number of esters is 2. The first-order valence-electron chi connectivity index (χ1n) is 35.6. The third-order valence-electron chi connectivity index (χ3n) is 15.3. The zero-order valence-corrected chi connectivity index (χ0v) is 57.4. The number of ether oxygens (including phenoxy) is 2. The van der Waals surface area contributed by atoms with E-state index in [4.69, 9.17) is 18.5 Å². The van der Waals surface area contributed by atoms with E-state index in [9.17, 15) is 19.0 Å². The van der Waals surface area contributed by atoms with E-state index in [2.05, 4.69) is 123 Å². The minimum absolute atomic E-state index is 0.0350. The summed E-state index contributed by atoms with van der Waals surface area (Å²) >= 11 is 0. The van der Waals surface area contributed by atoms with Crippen molar-refractivity contribution in [1.29, 1.82) is 0 Å². The maximum atomic E-state index is 12.9. The summed E-state index contributed by atoms with van der Waals surface area (Å²) in [7, 11) is 1.16. The standard InChI is InChI=1S/C76H134NO8P/c1-6-8-10-12-14-16-18-20-22-24-26-28-30-32-33-34-35-36-37-38-39-40-41-42-43-45-47-49-51-53-55-57-59-61-63-65-67-69-76(79)85-74(73-84-86(80,81)83-71-70-77(3,4)5)72-82-75(78)68-66-64-62-60-58-56-54-52-50-48-46-44-31-29-27-25-23-21-19-17-15-13-11-9-7-2/h8,10,14,16,20,22,26,28,32-33,35-36,38-39,41-42,45,47,74H,6-7,9,11-13,15,17-19,21,23-25,27,29-31,34,37,40,43-44,46,48-73H2,1-5H3/b10-8-,16-14-,22-20-,28-26-,33-32-,36-35-,39-38-,42-41-,47-45-. The van der Waals surface area contributed by atoms with Crippen LogP contribution in [-0.4, -0.2) is 70.0 Å². The molecule has 0 bridgehead atoms. The van der Waals surface area contributed by atoms with E-state index in [0.29, 0.717) is 17.4 Å². The van der Waals surface area contributed by atoms with Crippen LogP contribution in [0.3, 0.4) is 0 Å². The van der Waals surface area contributed by atoms with Crippen LogP contribution in [-0.2, 0) is 32.7 Å². The van der Waals surface area contributed by atoms with Crippen LogP contribution in [0.1, 0.15) is 309 Å². The van der Waals surface area contributed by atoms with Crippen LogP contribution in [0.15, 0.2) is 109 Å². The Labute approximate surface area is 531 Å². The van der Waals surface area contributed by atoms with Gasteiger partial charge in [-0.25, -0.2) is 0 Å². The van der Waals surface area contributed by atoms with Crippen LogP contribution in [0.5, 0.6) is 0 Å². The average molecular weight is 1220 g/mol. The number of carbonyl (C=O) groups is 2. The van der Waals surface area contributed by atoms with E-state index in [1.807, 2.05) is 21.1 Å². The molecule has 496 valence electrons. The lowest BCUT2D eigenvalue weighted by Gasteiger charge is -2.28. The van der Waals surface area contributed by atoms with E-state index in [-0.39, 0.29) is 32.0 Å². The second-order valence-electron chi connectivity index (χ2n) is 24.9. The Morgan fingerprint density at radius 3 is 0.988 bits per heavy atom. The van der Waals surface area contributed by atoms with E-state index >= 15 is 0 Å². The lowest BCUT2D eigenvalue weighted by atomic mass is 10.0. The van der Waals surface area contributed by atoms with Crippen LogP contribution < -0.4 is 4.89 Å². The second kappa shape index (κ2) is 66.1. The van der Waals surface area contributed by atoms with Crippen molar-refractivity contribution < 1.29 is 42.1 Å². The van der Waals surface area contributed by atoms with Gasteiger partial charge in [-0.1, -0.05) is 322 Å². The first kappa shape index (κ1) is 82.7. The molecular weight excluding hydrogens is 1090 g/mol. The van der Waals surface area contributed by atoms with Crippen molar-refractivity contribution in [1.82, 2.24) is 0 Å². The Morgan fingerprint density at radius 1 is 0.372 bits per heavy atom. The van der Waals surface area contributed by atoms with Crippen LogP contribution in [0.25, 0.3) is 0 Å². The summed E-state index contributed by atoms with van der Waals surface area (Å²) < 4.78 is 34.3. The topological polar surface area (TPSA) is 111 Å². The molecule has 0 spiro atoms. The highest BCUT2D eigenvalue weighted by Crippen LogP contribution is 2.38. The van der Waals surface area contributed by atoms with Crippen LogP contribution in [0.2, 0.25) is 0 Å². The van der Waals surface area contributed by atoms with Gasteiger partial charge in [-0.2, -0.15) is 0 Å². The molecule has 2 unspecified atom stereocenters. The number of quaternary nitrogens is 1. The van der Waals surface area contributed by atoms with Gasteiger partial charge in [-0.05, 0) is 83.5 Å². The lowest BCUT2D eigenvalue weighted by Crippen LogP contribution is -2.37. The first-order chi connectivity index (χ1) is 42.0. The van der Waals surface area contributed by atoms with Crippen molar-refractivity contribution in [2.45, 2.75) is 315 Å². The molecule has 0 saturated carbocycles. The van der Waals surface area contributed by atoms with Gasteiger partial charge in [0.15, 0.2) is 6.10 Å². The molecule has 0 amide bonds. The molecule has 0 aliphatic rings. The monoisotopic (exact) mass is 1220 g/mol. The minimum Gasteiger partial charge on any atom is -0.756 e. The van der Waals surface area contributed by atoms with Crippen molar-refractivity contribution >= 4 is 19.8 Å². The number of hydrogen-bond acceptors (Lipinski definition) is 8. The van der Waals surface area contributed by atoms with Gasteiger partial charge in [-0.3, -0.25) is 14.2 Å². The number of hydrogen-bond donors (Lipinski definition) is 0. The summed E-state index contributed by atoms with van der Waals surface area (Å²) in [6.45, 7) is 4.15. The molecule has 0 aliphatic heterocycles. The highest BCUT2D eigenvalue weighted by atomic mass is 31.2. The lowest BCUT2D eigenvalue weighted by molar-refractivity contribution is -0.870. The number of nitrogens with zero attached hydrogens (tertiary/aromatic N) is 1. The first-order valence-corrected chi connectivity index (χ1v) is 37.1. The van der Waals surface area contributed by atoms with E-state index < -0.39 is 26.5 Å². The third-order valence-corrected chi connectivity index (χ3v) is 16.3. The molecule has 0 aliphatic carbocycles. The van der Waals surface area contributed by atoms with Crippen molar-refractivity contribution in [3.05, 3.63) is 109 Å². The molecule has 0 rings (SSSR count). The van der Waals surface area contributed by atoms with Crippen molar-refractivity contribution in [2.75, 3.05) is 47.5 Å². The van der Waals surface area contributed by atoms with Gasteiger partial charge in [0.1, 0.15) is 19.8 Å². The average Bonchev–Trinajstić information content (AvgIpc) is 3.67. The summed E-state index contributed by atoms with van der Waals surface area (Å²) in [5.74, 6) is -0.833. The highest BCUT2D eigenvalue weighted by molar-refractivity contribution is 7.45. The van der Waals surface area contributed by atoms with Crippen LogP contribution in [0, 0.1) is 0 Å². The van der Waals surface area contributed by atoms with Gasteiger partial charge in [0.05, 0.1) is 27.7 Å². The minimum atomic E-state index is -4.65. The molecule has 0 aromatic carbocycles. The van der Waals surface area contributed by atoms with Crippen molar-refractivity contribution in [2.24, 2.45) is 0 Å². The molecule has 0 heterocycles. The Balaban J connectivity index is 4.08. The summed E-state index contributed by atoms with van der Waals surface area (Å²) in [5.41, 5.74) is 0. The maximum absolute atomic E-state index is 12.9. The summed E-state index contributed by atoms with van der Waals surface area (Å²) in [6.07, 6.45) is 93.1. The van der Waals surface area contributed by atoms with Gasteiger partial charge >= 0.3 is 11.9 Å². The fourth-order valence-corrected chi connectivity index (χ4v) is 10.6. The molecule has 9 nitrogen and oxygen atoms in total. The summed E-state index contributed by atoms with van der Waals surface area (Å²) in [6, 6.07) is 0. The largest absolute Gasteiger partial charge is 0.756 e. The number of unbranched alkanes of at least 4 members (excludes halogenated alkanes) is 33. The molecule has 86 heavy (non-hydrogen) atoms. The second-order valence-corrected chi connectivity index (χ2v) is 26.3. The van der Waals surface area contributed by atoms with Gasteiger partial charge in [0.2, 0.25) is 0 Å². The van der Waals surface area contributed by atoms with Crippen molar-refractivity contribution in [3.8, 4) is 0 Å². The number of allylic oxidation sites excluding steroid dienone is 18. The van der Waals surface area contributed by atoms with Crippen LogP contribution >= 0.6 is 7.82 Å².